The predicted octanol–water partition coefficient (Wildman–Crippen LogP) is 4.32. The van der Waals surface area contributed by atoms with Crippen LogP contribution in [0.4, 0.5) is 14.5 Å². The number of benzene rings is 1. The number of anilines is 1. The Labute approximate surface area is 134 Å². The van der Waals surface area contributed by atoms with Crippen molar-refractivity contribution in [3.05, 3.63) is 29.8 Å². The highest BCUT2D eigenvalue weighted by Gasteiger charge is 2.13. The van der Waals surface area contributed by atoms with Crippen LogP contribution in [0.5, 0.6) is 0 Å². The largest absolute Gasteiger partial charge is 0.362 e. The summed E-state index contributed by atoms with van der Waals surface area (Å²) in [6.45, 7) is 0.774. The van der Waals surface area contributed by atoms with Crippen molar-refractivity contribution in [2.24, 2.45) is 0 Å². The summed E-state index contributed by atoms with van der Waals surface area (Å²) >= 11 is 7.12. The molecule has 0 spiro atoms. The predicted molar refractivity (Wildman–Crippen MR) is 89.9 cm³/mol. The van der Waals surface area contributed by atoms with Gasteiger partial charge in [-0.05, 0) is 37.2 Å². The fourth-order valence-electron chi connectivity index (χ4n) is 2.37. The summed E-state index contributed by atoms with van der Waals surface area (Å²) in [5, 5.41) is 7.16. The van der Waals surface area contributed by atoms with Gasteiger partial charge in [0.15, 0.2) is 16.7 Å². The Morgan fingerprint density at radius 3 is 2.67 bits per heavy atom. The lowest BCUT2D eigenvalue weighted by Crippen LogP contribution is -2.30. The van der Waals surface area contributed by atoms with E-state index in [1.54, 1.807) is 0 Å². The van der Waals surface area contributed by atoms with Gasteiger partial charge in [-0.3, -0.25) is 0 Å². The maximum Gasteiger partial charge on any atom is 0.170 e. The Bertz CT molecular complexity index is 477. The summed E-state index contributed by atoms with van der Waals surface area (Å²) < 4.78 is 25.9. The van der Waals surface area contributed by atoms with E-state index >= 15 is 0 Å². The van der Waals surface area contributed by atoms with Gasteiger partial charge in [-0.15, -0.1) is 0 Å². The van der Waals surface area contributed by atoms with E-state index in [2.05, 4.69) is 10.6 Å². The van der Waals surface area contributed by atoms with Gasteiger partial charge in [-0.2, -0.15) is 11.8 Å². The van der Waals surface area contributed by atoms with Gasteiger partial charge >= 0.3 is 0 Å². The van der Waals surface area contributed by atoms with Crippen LogP contribution < -0.4 is 10.6 Å². The lowest BCUT2D eigenvalue weighted by molar-refractivity contribution is 0.509. The zero-order valence-corrected chi connectivity index (χ0v) is 13.5. The van der Waals surface area contributed by atoms with Gasteiger partial charge < -0.3 is 10.6 Å². The summed E-state index contributed by atoms with van der Waals surface area (Å²) in [5.41, 5.74) is 0.450. The minimum atomic E-state index is -0.879. The first kappa shape index (κ1) is 16.5. The van der Waals surface area contributed by atoms with Gasteiger partial charge in [-0.1, -0.05) is 19.3 Å². The van der Waals surface area contributed by atoms with Crippen molar-refractivity contribution < 1.29 is 8.78 Å². The van der Waals surface area contributed by atoms with Crippen molar-refractivity contribution in [2.75, 3.05) is 17.6 Å². The van der Waals surface area contributed by atoms with Crippen LogP contribution in [0, 0.1) is 11.6 Å². The molecule has 1 aliphatic rings. The van der Waals surface area contributed by atoms with Crippen molar-refractivity contribution in [3.8, 4) is 0 Å². The monoisotopic (exact) mass is 330 g/mol. The van der Waals surface area contributed by atoms with E-state index in [4.69, 9.17) is 12.2 Å². The smallest absolute Gasteiger partial charge is 0.170 e. The molecule has 2 nitrogen and oxygen atoms in total. The average molecular weight is 330 g/mol. The molecule has 1 aliphatic carbocycles. The molecule has 0 atom stereocenters. The molecule has 0 aliphatic heterocycles. The third-order valence-corrected chi connectivity index (χ3v) is 5.10. The van der Waals surface area contributed by atoms with Crippen LogP contribution in [0.1, 0.15) is 32.1 Å². The molecular weight excluding hydrogens is 310 g/mol. The van der Waals surface area contributed by atoms with Crippen LogP contribution >= 0.6 is 24.0 Å². The van der Waals surface area contributed by atoms with E-state index in [0.717, 1.165) is 29.7 Å². The van der Waals surface area contributed by atoms with Crippen LogP contribution in [-0.4, -0.2) is 22.7 Å². The standard InChI is InChI=1S/C15H20F2N2S2/c16-13-7-6-11(10-14(13)17)19-15(20)18-8-9-21-12-4-2-1-3-5-12/h6-7,10,12H,1-5,8-9H2,(H2,18,19,20). The summed E-state index contributed by atoms with van der Waals surface area (Å²) in [4.78, 5) is 0. The molecule has 1 aromatic rings. The fourth-order valence-corrected chi connectivity index (χ4v) is 3.81. The lowest BCUT2D eigenvalue weighted by atomic mass is 10.0. The number of hydrogen-bond acceptors (Lipinski definition) is 2. The highest BCUT2D eigenvalue weighted by atomic mass is 32.2. The van der Waals surface area contributed by atoms with Gasteiger partial charge in [0.05, 0.1) is 0 Å². The summed E-state index contributed by atoms with van der Waals surface area (Å²) in [7, 11) is 0. The van der Waals surface area contributed by atoms with E-state index in [-0.39, 0.29) is 0 Å². The van der Waals surface area contributed by atoms with Gasteiger partial charge in [0, 0.05) is 29.3 Å². The molecule has 0 aromatic heterocycles. The Balaban J connectivity index is 1.63. The first-order valence-corrected chi connectivity index (χ1v) is 8.72. The average Bonchev–Trinajstić information content (AvgIpc) is 2.49. The minimum Gasteiger partial charge on any atom is -0.362 e. The third-order valence-electron chi connectivity index (χ3n) is 3.47. The molecule has 2 N–H and O–H groups in total. The van der Waals surface area contributed by atoms with Crippen molar-refractivity contribution in [1.29, 1.82) is 0 Å². The van der Waals surface area contributed by atoms with Gasteiger partial charge in [0.25, 0.3) is 0 Å². The van der Waals surface area contributed by atoms with E-state index in [0.29, 0.717) is 10.8 Å². The zero-order chi connectivity index (χ0) is 15.1. The second-order valence-corrected chi connectivity index (χ2v) is 6.96. The molecule has 1 saturated carbocycles. The molecule has 0 bridgehead atoms. The fraction of sp³-hybridized carbons (Fsp3) is 0.533. The number of nitrogens with one attached hydrogen (secondary N) is 2. The number of hydrogen-bond donors (Lipinski definition) is 2. The maximum atomic E-state index is 13.1. The number of rotatable bonds is 5. The molecule has 116 valence electrons. The molecule has 1 aromatic carbocycles. The van der Waals surface area contributed by atoms with Crippen LogP contribution in [0.3, 0.4) is 0 Å². The number of halogens is 2. The van der Waals surface area contributed by atoms with E-state index < -0.39 is 11.6 Å². The van der Waals surface area contributed by atoms with Crippen molar-refractivity contribution in [3.63, 3.8) is 0 Å². The van der Waals surface area contributed by atoms with E-state index in [9.17, 15) is 8.78 Å². The van der Waals surface area contributed by atoms with Gasteiger partial charge in [0.1, 0.15) is 0 Å². The molecule has 1 fully saturated rings. The molecular formula is C15H20F2N2S2. The van der Waals surface area contributed by atoms with Crippen molar-refractivity contribution >= 4 is 34.8 Å². The maximum absolute atomic E-state index is 13.1. The SMILES string of the molecule is Fc1ccc(NC(=S)NCCSC2CCCCC2)cc1F. The Hall–Kier alpha value is -0.880. The third kappa shape index (κ3) is 5.79. The highest BCUT2D eigenvalue weighted by molar-refractivity contribution is 7.99. The van der Waals surface area contributed by atoms with Crippen molar-refractivity contribution in [2.45, 2.75) is 37.4 Å². The van der Waals surface area contributed by atoms with E-state index in [1.807, 2.05) is 11.8 Å². The number of thiocarbonyl (C=S) groups is 1. The number of thioether (sulfide) groups is 1. The molecule has 6 heteroatoms. The van der Waals surface area contributed by atoms with Gasteiger partial charge in [0.2, 0.25) is 0 Å². The van der Waals surface area contributed by atoms with Crippen molar-refractivity contribution in [1.82, 2.24) is 5.32 Å². The second kappa shape index (κ2) is 8.54. The Kier molecular flexibility index (Phi) is 6.70. The van der Waals surface area contributed by atoms with Crippen LogP contribution in [0.25, 0.3) is 0 Å². The quantitative estimate of drug-likeness (QED) is 0.620. The summed E-state index contributed by atoms with van der Waals surface area (Å²) in [6.07, 6.45) is 6.71. The van der Waals surface area contributed by atoms with Crippen LogP contribution in [0.2, 0.25) is 0 Å². The molecule has 0 unspecified atom stereocenters. The summed E-state index contributed by atoms with van der Waals surface area (Å²) in [5.74, 6) is -0.733. The molecule has 0 saturated heterocycles. The van der Waals surface area contributed by atoms with Crippen LogP contribution in [0.15, 0.2) is 18.2 Å². The van der Waals surface area contributed by atoms with Gasteiger partial charge in [-0.25, -0.2) is 8.78 Å². The lowest BCUT2D eigenvalue weighted by Gasteiger charge is -2.21. The Morgan fingerprint density at radius 2 is 1.95 bits per heavy atom. The summed E-state index contributed by atoms with van der Waals surface area (Å²) in [6, 6.07) is 3.64. The van der Waals surface area contributed by atoms with E-state index in [1.165, 1.54) is 38.2 Å². The highest BCUT2D eigenvalue weighted by Crippen LogP contribution is 2.27. The van der Waals surface area contributed by atoms with Crippen LogP contribution in [-0.2, 0) is 0 Å². The zero-order valence-electron chi connectivity index (χ0n) is 11.8. The minimum absolute atomic E-state index is 0.435. The molecule has 0 amide bonds. The molecule has 0 radical (unpaired) electrons. The normalized spacial score (nSPS) is 15.7. The second-order valence-electron chi connectivity index (χ2n) is 5.14. The molecule has 21 heavy (non-hydrogen) atoms. The first-order valence-electron chi connectivity index (χ1n) is 7.26. The topological polar surface area (TPSA) is 24.1 Å². The molecule has 0 heterocycles. The first-order chi connectivity index (χ1) is 10.1. The molecule has 2 rings (SSSR count). The Morgan fingerprint density at radius 1 is 1.19 bits per heavy atom.